The second-order valence-corrected chi connectivity index (χ2v) is 5.77. The zero-order chi connectivity index (χ0) is 16.2. The number of aromatic amines is 1. The van der Waals surface area contributed by atoms with Gasteiger partial charge in [0.25, 0.3) is 0 Å². The number of carbonyl (C=O) groups excluding carboxylic acids is 1. The van der Waals surface area contributed by atoms with Gasteiger partial charge in [0.2, 0.25) is 0 Å². The van der Waals surface area contributed by atoms with Gasteiger partial charge in [-0.05, 0) is 24.1 Å². The molecule has 2 aromatic heterocycles. The Balaban J connectivity index is 1.58. The van der Waals surface area contributed by atoms with Gasteiger partial charge in [-0.15, -0.1) is 0 Å². The van der Waals surface area contributed by atoms with Gasteiger partial charge in [0, 0.05) is 18.4 Å². The first-order valence-corrected chi connectivity index (χ1v) is 7.46. The number of anilines is 1. The number of amides is 2. The molecule has 0 aliphatic rings. The number of fused-ring (bicyclic) bond motifs is 1. The summed E-state index contributed by atoms with van der Waals surface area (Å²) in [5.74, 6) is 0.519. The van der Waals surface area contributed by atoms with Crippen molar-refractivity contribution in [3.63, 3.8) is 0 Å². The van der Waals surface area contributed by atoms with E-state index in [9.17, 15) is 4.79 Å². The maximum Gasteiger partial charge on any atom is 0.319 e. The van der Waals surface area contributed by atoms with Crippen LogP contribution in [0.5, 0.6) is 0 Å². The molecule has 0 atom stereocenters. The number of hydrogen-bond acceptors (Lipinski definition) is 4. The summed E-state index contributed by atoms with van der Waals surface area (Å²) in [6.07, 6.45) is 3.55. The molecule has 23 heavy (non-hydrogen) atoms. The molecule has 0 spiro atoms. The molecule has 2 heterocycles. The van der Waals surface area contributed by atoms with Crippen molar-refractivity contribution >= 4 is 22.8 Å². The number of aromatic nitrogens is 5. The van der Waals surface area contributed by atoms with E-state index < -0.39 is 0 Å². The highest BCUT2D eigenvalue weighted by Crippen LogP contribution is 2.14. The normalized spacial score (nSPS) is 11.1. The van der Waals surface area contributed by atoms with E-state index in [1.165, 1.54) is 0 Å². The molecule has 8 nitrogen and oxygen atoms in total. The molecule has 120 valence electrons. The van der Waals surface area contributed by atoms with Gasteiger partial charge in [-0.3, -0.25) is 0 Å². The predicted octanol–water partition coefficient (Wildman–Crippen LogP) is 2.13. The Morgan fingerprint density at radius 1 is 1.30 bits per heavy atom. The molecule has 0 saturated heterocycles. The van der Waals surface area contributed by atoms with Crippen LogP contribution in [0.3, 0.4) is 0 Å². The third kappa shape index (κ3) is 3.65. The molecule has 0 bridgehead atoms. The monoisotopic (exact) mass is 313 g/mol. The molecular weight excluding hydrogens is 294 g/mol. The highest BCUT2D eigenvalue weighted by molar-refractivity contribution is 5.91. The summed E-state index contributed by atoms with van der Waals surface area (Å²) in [6, 6.07) is 5.08. The van der Waals surface area contributed by atoms with Crippen molar-refractivity contribution in [3.05, 3.63) is 36.4 Å². The average Bonchev–Trinajstić information content (AvgIpc) is 3.13. The minimum atomic E-state index is -0.273. The van der Waals surface area contributed by atoms with Crippen molar-refractivity contribution < 1.29 is 4.79 Å². The largest absolute Gasteiger partial charge is 0.333 e. The smallest absolute Gasteiger partial charge is 0.319 e. The van der Waals surface area contributed by atoms with E-state index in [-0.39, 0.29) is 6.03 Å². The Bertz CT molecular complexity index is 805. The molecule has 0 radical (unpaired) electrons. The lowest BCUT2D eigenvalue weighted by molar-refractivity contribution is 0.251. The lowest BCUT2D eigenvalue weighted by Gasteiger charge is -2.12. The van der Waals surface area contributed by atoms with Gasteiger partial charge >= 0.3 is 6.03 Å². The number of H-pyrrole nitrogens is 1. The summed E-state index contributed by atoms with van der Waals surface area (Å²) >= 11 is 0. The van der Waals surface area contributed by atoms with Crippen molar-refractivity contribution in [1.82, 2.24) is 30.3 Å². The van der Waals surface area contributed by atoms with E-state index in [4.69, 9.17) is 0 Å². The number of urea groups is 1. The molecular formula is C15H19N7O. The molecule has 0 fully saturated rings. The highest BCUT2D eigenvalue weighted by Gasteiger charge is 2.07. The van der Waals surface area contributed by atoms with Crippen LogP contribution in [0.1, 0.15) is 19.5 Å². The first-order chi connectivity index (χ1) is 11.1. The molecule has 1 aromatic carbocycles. The Labute approximate surface area is 133 Å². The van der Waals surface area contributed by atoms with Crippen LogP contribution in [0.4, 0.5) is 10.5 Å². The van der Waals surface area contributed by atoms with Gasteiger partial charge in [0.1, 0.15) is 11.0 Å². The second-order valence-electron chi connectivity index (χ2n) is 5.77. The van der Waals surface area contributed by atoms with Crippen molar-refractivity contribution in [1.29, 1.82) is 0 Å². The zero-order valence-electron chi connectivity index (χ0n) is 13.1. The van der Waals surface area contributed by atoms with Gasteiger partial charge in [-0.1, -0.05) is 13.8 Å². The SMILES string of the molecule is CC(C)Cn1cncc1CNC(=O)Nc1ccc2n[nH]nc2c1. The van der Waals surface area contributed by atoms with E-state index in [1.807, 2.05) is 4.57 Å². The number of hydrogen-bond donors (Lipinski definition) is 3. The number of nitrogens with one attached hydrogen (secondary N) is 3. The van der Waals surface area contributed by atoms with Crippen LogP contribution in [0, 0.1) is 5.92 Å². The molecule has 3 aromatic rings. The van der Waals surface area contributed by atoms with E-state index in [2.05, 4.69) is 44.9 Å². The fourth-order valence-corrected chi connectivity index (χ4v) is 2.32. The van der Waals surface area contributed by atoms with Crippen LogP contribution in [-0.4, -0.2) is 31.0 Å². The van der Waals surface area contributed by atoms with Crippen LogP contribution in [0.2, 0.25) is 0 Å². The van der Waals surface area contributed by atoms with Crippen LogP contribution >= 0.6 is 0 Å². The lowest BCUT2D eigenvalue weighted by atomic mass is 10.2. The maximum absolute atomic E-state index is 12.0. The van der Waals surface area contributed by atoms with Gasteiger partial charge in [0.05, 0.1) is 18.6 Å². The summed E-state index contributed by atoms with van der Waals surface area (Å²) in [5.41, 5.74) is 3.10. The average molecular weight is 313 g/mol. The lowest BCUT2D eigenvalue weighted by Crippen LogP contribution is -2.29. The number of carbonyl (C=O) groups is 1. The Hall–Kier alpha value is -2.90. The van der Waals surface area contributed by atoms with Crippen LogP contribution in [0.25, 0.3) is 11.0 Å². The van der Waals surface area contributed by atoms with Gasteiger partial charge in [0.15, 0.2) is 0 Å². The number of benzene rings is 1. The van der Waals surface area contributed by atoms with Crippen LogP contribution in [0.15, 0.2) is 30.7 Å². The first-order valence-electron chi connectivity index (χ1n) is 7.46. The van der Waals surface area contributed by atoms with E-state index in [0.29, 0.717) is 23.7 Å². The van der Waals surface area contributed by atoms with Gasteiger partial charge in [-0.2, -0.15) is 15.4 Å². The van der Waals surface area contributed by atoms with Crippen molar-refractivity contribution in [2.24, 2.45) is 5.92 Å². The fraction of sp³-hybridized carbons (Fsp3) is 0.333. The number of nitrogens with zero attached hydrogens (tertiary/aromatic N) is 4. The summed E-state index contributed by atoms with van der Waals surface area (Å²) in [6.45, 7) is 5.58. The Morgan fingerprint density at radius 3 is 2.96 bits per heavy atom. The molecule has 0 aliphatic carbocycles. The summed E-state index contributed by atoms with van der Waals surface area (Å²) < 4.78 is 2.05. The Morgan fingerprint density at radius 2 is 2.13 bits per heavy atom. The quantitative estimate of drug-likeness (QED) is 0.671. The topological polar surface area (TPSA) is 101 Å². The first kappa shape index (κ1) is 15.0. The van der Waals surface area contributed by atoms with Crippen LogP contribution < -0.4 is 10.6 Å². The van der Waals surface area contributed by atoms with Gasteiger partial charge in [-0.25, -0.2) is 9.78 Å². The second kappa shape index (κ2) is 6.47. The van der Waals surface area contributed by atoms with E-state index in [0.717, 1.165) is 17.8 Å². The van der Waals surface area contributed by atoms with E-state index >= 15 is 0 Å². The number of rotatable bonds is 5. The van der Waals surface area contributed by atoms with Crippen molar-refractivity contribution in [2.45, 2.75) is 26.9 Å². The molecule has 3 rings (SSSR count). The third-order valence-corrected chi connectivity index (χ3v) is 3.36. The summed E-state index contributed by atoms with van der Waals surface area (Å²) in [7, 11) is 0. The molecule has 3 N–H and O–H groups in total. The standard InChI is InChI=1S/C15H19N7O/c1-10(2)8-22-9-16-6-12(22)7-17-15(23)18-11-3-4-13-14(5-11)20-21-19-13/h3-6,9-10H,7-8H2,1-2H3,(H2,17,18,23)(H,19,20,21). The summed E-state index contributed by atoms with van der Waals surface area (Å²) in [4.78, 5) is 16.2. The summed E-state index contributed by atoms with van der Waals surface area (Å²) in [5, 5.41) is 16.1. The fourth-order valence-electron chi connectivity index (χ4n) is 2.32. The maximum atomic E-state index is 12.0. The third-order valence-electron chi connectivity index (χ3n) is 3.36. The minimum Gasteiger partial charge on any atom is -0.333 e. The molecule has 8 heteroatoms. The highest BCUT2D eigenvalue weighted by atomic mass is 16.2. The number of imidazole rings is 1. The molecule has 2 amide bonds. The Kier molecular flexibility index (Phi) is 4.22. The molecule has 0 aliphatic heterocycles. The minimum absolute atomic E-state index is 0.273. The van der Waals surface area contributed by atoms with Crippen LogP contribution in [-0.2, 0) is 13.1 Å². The molecule has 0 saturated carbocycles. The van der Waals surface area contributed by atoms with E-state index in [1.54, 1.807) is 30.7 Å². The van der Waals surface area contributed by atoms with Crippen molar-refractivity contribution in [2.75, 3.05) is 5.32 Å². The molecule has 0 unspecified atom stereocenters. The predicted molar refractivity (Wildman–Crippen MR) is 86.8 cm³/mol. The van der Waals surface area contributed by atoms with Crippen molar-refractivity contribution in [3.8, 4) is 0 Å². The van der Waals surface area contributed by atoms with Gasteiger partial charge < -0.3 is 15.2 Å². The zero-order valence-corrected chi connectivity index (χ0v) is 13.1.